The molecule has 0 saturated heterocycles. The van der Waals surface area contributed by atoms with Crippen LogP contribution in [0.2, 0.25) is 0 Å². The molecule has 1 aliphatic carbocycles. The number of carbonyl (C=O) groups excluding carboxylic acids is 1. The molecule has 1 aliphatic rings. The van der Waals surface area contributed by atoms with Gasteiger partial charge in [-0.3, -0.25) is 4.79 Å². The van der Waals surface area contributed by atoms with E-state index in [9.17, 15) is 4.79 Å². The van der Waals surface area contributed by atoms with Gasteiger partial charge in [-0.2, -0.15) is 0 Å². The Morgan fingerprint density at radius 3 is 2.12 bits per heavy atom. The minimum Gasteiger partial charge on any atom is -0.460 e. The molecule has 3 heteroatoms. The molecule has 0 aromatic heterocycles. The Balaban J connectivity index is 2.26. The van der Waals surface area contributed by atoms with Crippen LogP contribution < -0.4 is 5.73 Å². The van der Waals surface area contributed by atoms with Crippen molar-refractivity contribution >= 4 is 5.97 Å². The van der Waals surface area contributed by atoms with Crippen LogP contribution in [0, 0.1) is 11.8 Å². The predicted molar refractivity (Wildman–Crippen MR) is 65.0 cm³/mol. The van der Waals surface area contributed by atoms with Crippen molar-refractivity contribution in [2.24, 2.45) is 17.6 Å². The maximum Gasteiger partial charge on any atom is 0.306 e. The van der Waals surface area contributed by atoms with E-state index in [4.69, 9.17) is 10.5 Å². The van der Waals surface area contributed by atoms with Gasteiger partial charge in [0, 0.05) is 6.42 Å². The molecule has 16 heavy (non-hydrogen) atoms. The maximum absolute atomic E-state index is 11.6. The van der Waals surface area contributed by atoms with Crippen molar-refractivity contribution < 1.29 is 9.53 Å². The maximum atomic E-state index is 11.6. The van der Waals surface area contributed by atoms with Gasteiger partial charge in [0.25, 0.3) is 0 Å². The molecule has 0 atom stereocenters. The molecule has 1 fully saturated rings. The first-order valence-electron chi connectivity index (χ1n) is 6.32. The van der Waals surface area contributed by atoms with E-state index in [0.29, 0.717) is 18.3 Å². The first kappa shape index (κ1) is 13.5. The molecule has 3 nitrogen and oxygen atoms in total. The topological polar surface area (TPSA) is 52.3 Å². The number of hydrogen-bond acceptors (Lipinski definition) is 3. The van der Waals surface area contributed by atoms with Gasteiger partial charge in [0.15, 0.2) is 0 Å². The van der Waals surface area contributed by atoms with E-state index in [1.165, 1.54) is 12.8 Å². The summed E-state index contributed by atoms with van der Waals surface area (Å²) in [7, 11) is 0. The standard InChI is InChI=1S/C13H25NO2/c1-13(2,3)16-12(15)8-10-4-6-11(9-14)7-5-10/h10-11H,4-9,14H2,1-3H3. The van der Waals surface area contributed by atoms with Crippen LogP contribution in [-0.4, -0.2) is 18.1 Å². The fourth-order valence-corrected chi connectivity index (χ4v) is 2.29. The summed E-state index contributed by atoms with van der Waals surface area (Å²) in [4.78, 5) is 11.6. The van der Waals surface area contributed by atoms with Gasteiger partial charge >= 0.3 is 5.97 Å². The molecule has 94 valence electrons. The minimum atomic E-state index is -0.356. The van der Waals surface area contributed by atoms with Gasteiger partial charge in [0.05, 0.1) is 0 Å². The third-order valence-electron chi connectivity index (χ3n) is 3.18. The number of nitrogens with two attached hydrogens (primary N) is 1. The van der Waals surface area contributed by atoms with E-state index in [1.807, 2.05) is 20.8 Å². The fourth-order valence-electron chi connectivity index (χ4n) is 2.29. The minimum absolute atomic E-state index is 0.0521. The number of esters is 1. The second-order valence-corrected chi connectivity index (χ2v) is 5.91. The summed E-state index contributed by atoms with van der Waals surface area (Å²) in [6.45, 7) is 6.53. The van der Waals surface area contributed by atoms with Gasteiger partial charge in [-0.25, -0.2) is 0 Å². The zero-order valence-electron chi connectivity index (χ0n) is 10.8. The monoisotopic (exact) mass is 227 g/mol. The molecular weight excluding hydrogens is 202 g/mol. The highest BCUT2D eigenvalue weighted by Gasteiger charge is 2.24. The van der Waals surface area contributed by atoms with Crippen molar-refractivity contribution in [2.45, 2.75) is 58.5 Å². The molecule has 0 spiro atoms. The van der Waals surface area contributed by atoms with Crippen molar-refractivity contribution in [3.63, 3.8) is 0 Å². The average Bonchev–Trinajstić information content (AvgIpc) is 2.16. The van der Waals surface area contributed by atoms with Gasteiger partial charge in [-0.05, 0) is 64.8 Å². The lowest BCUT2D eigenvalue weighted by molar-refractivity contribution is -0.156. The molecule has 0 heterocycles. The number of hydrogen-bond donors (Lipinski definition) is 1. The SMILES string of the molecule is CC(C)(C)OC(=O)CC1CCC(CN)CC1. The van der Waals surface area contributed by atoms with Gasteiger partial charge < -0.3 is 10.5 Å². The second kappa shape index (κ2) is 5.67. The van der Waals surface area contributed by atoms with E-state index >= 15 is 0 Å². The van der Waals surface area contributed by atoms with Crippen molar-refractivity contribution in [1.29, 1.82) is 0 Å². The molecule has 2 N–H and O–H groups in total. The van der Waals surface area contributed by atoms with E-state index in [-0.39, 0.29) is 11.6 Å². The van der Waals surface area contributed by atoms with Crippen LogP contribution in [0.3, 0.4) is 0 Å². The lowest BCUT2D eigenvalue weighted by atomic mass is 9.80. The van der Waals surface area contributed by atoms with Crippen LogP contribution in [0.15, 0.2) is 0 Å². The zero-order valence-corrected chi connectivity index (χ0v) is 10.8. The molecule has 0 amide bonds. The van der Waals surface area contributed by atoms with Gasteiger partial charge in [0.1, 0.15) is 5.60 Å². The molecule has 0 unspecified atom stereocenters. The Hall–Kier alpha value is -0.570. The van der Waals surface area contributed by atoms with Gasteiger partial charge in [-0.15, -0.1) is 0 Å². The molecule has 0 radical (unpaired) electrons. The lowest BCUT2D eigenvalue weighted by Crippen LogP contribution is -2.27. The summed E-state index contributed by atoms with van der Waals surface area (Å²) in [5.74, 6) is 1.14. The van der Waals surface area contributed by atoms with Crippen molar-refractivity contribution in [3.8, 4) is 0 Å². The number of rotatable bonds is 3. The summed E-state index contributed by atoms with van der Waals surface area (Å²) < 4.78 is 5.33. The zero-order chi connectivity index (χ0) is 12.2. The summed E-state index contributed by atoms with van der Waals surface area (Å²) in [5.41, 5.74) is 5.29. The third-order valence-corrected chi connectivity index (χ3v) is 3.18. The highest BCUT2D eigenvalue weighted by molar-refractivity contribution is 5.70. The lowest BCUT2D eigenvalue weighted by Gasteiger charge is -2.28. The molecule has 0 bridgehead atoms. The molecule has 0 aromatic rings. The Labute approximate surface area is 98.7 Å². The first-order chi connectivity index (χ1) is 7.40. The highest BCUT2D eigenvalue weighted by atomic mass is 16.6. The summed E-state index contributed by atoms with van der Waals surface area (Å²) in [6, 6.07) is 0. The molecule has 1 saturated carbocycles. The smallest absolute Gasteiger partial charge is 0.306 e. The number of carbonyl (C=O) groups is 1. The fraction of sp³-hybridized carbons (Fsp3) is 0.923. The van der Waals surface area contributed by atoms with Crippen LogP contribution >= 0.6 is 0 Å². The Kier molecular flexibility index (Phi) is 4.78. The van der Waals surface area contributed by atoms with Crippen LogP contribution in [-0.2, 0) is 9.53 Å². The second-order valence-electron chi connectivity index (χ2n) is 5.91. The van der Waals surface area contributed by atoms with Crippen LogP contribution in [0.1, 0.15) is 52.9 Å². The van der Waals surface area contributed by atoms with E-state index in [2.05, 4.69) is 0 Å². The van der Waals surface area contributed by atoms with E-state index in [0.717, 1.165) is 19.4 Å². The Bertz CT molecular complexity index is 225. The van der Waals surface area contributed by atoms with Crippen LogP contribution in [0.4, 0.5) is 0 Å². The summed E-state index contributed by atoms with van der Waals surface area (Å²) in [5, 5.41) is 0. The first-order valence-corrected chi connectivity index (χ1v) is 6.32. The van der Waals surface area contributed by atoms with Gasteiger partial charge in [-0.1, -0.05) is 0 Å². The van der Waals surface area contributed by atoms with Crippen LogP contribution in [0.5, 0.6) is 0 Å². The normalized spacial score (nSPS) is 26.5. The highest BCUT2D eigenvalue weighted by Crippen LogP contribution is 2.30. The molecule has 0 aliphatic heterocycles. The summed E-state index contributed by atoms with van der Waals surface area (Å²) >= 11 is 0. The van der Waals surface area contributed by atoms with E-state index < -0.39 is 0 Å². The van der Waals surface area contributed by atoms with Crippen LogP contribution in [0.25, 0.3) is 0 Å². The average molecular weight is 227 g/mol. The van der Waals surface area contributed by atoms with Crippen molar-refractivity contribution in [1.82, 2.24) is 0 Å². The largest absolute Gasteiger partial charge is 0.460 e. The van der Waals surface area contributed by atoms with Gasteiger partial charge in [0.2, 0.25) is 0 Å². The predicted octanol–water partition coefficient (Wildman–Crippen LogP) is 2.48. The number of ether oxygens (including phenoxy) is 1. The Morgan fingerprint density at radius 2 is 1.69 bits per heavy atom. The quantitative estimate of drug-likeness (QED) is 0.754. The molecule has 1 rings (SSSR count). The third kappa shape index (κ3) is 4.97. The van der Waals surface area contributed by atoms with Crippen molar-refractivity contribution in [2.75, 3.05) is 6.54 Å². The van der Waals surface area contributed by atoms with Crippen molar-refractivity contribution in [3.05, 3.63) is 0 Å². The Morgan fingerprint density at radius 1 is 1.19 bits per heavy atom. The molecule has 0 aromatic carbocycles. The molecular formula is C13H25NO2. The summed E-state index contributed by atoms with van der Waals surface area (Å²) in [6.07, 6.45) is 5.17. The van der Waals surface area contributed by atoms with E-state index in [1.54, 1.807) is 0 Å².